The predicted molar refractivity (Wildman–Crippen MR) is 71.8 cm³/mol. The normalized spacial score (nSPS) is 22.6. The number of carbonyl (C=O) groups excluding carboxylic acids is 2. The lowest BCUT2D eigenvalue weighted by Gasteiger charge is -2.41. The topological polar surface area (TPSA) is 67.2 Å². The van der Waals surface area contributed by atoms with Crippen LogP contribution in [-0.2, 0) is 23.1 Å². The first kappa shape index (κ1) is 13.6. The molecule has 0 saturated carbocycles. The molecule has 0 aliphatic carbocycles. The van der Waals surface area contributed by atoms with Crippen molar-refractivity contribution in [3.8, 4) is 0 Å². The summed E-state index contributed by atoms with van der Waals surface area (Å²) in [6, 6.07) is -0.518. The molecule has 1 N–H and O–H groups in total. The van der Waals surface area contributed by atoms with Gasteiger partial charge >= 0.3 is 0 Å². The summed E-state index contributed by atoms with van der Waals surface area (Å²) in [5.41, 5.74) is 0.670. The molecule has 2 heterocycles. The van der Waals surface area contributed by atoms with Crippen molar-refractivity contribution in [3.05, 3.63) is 11.9 Å². The highest BCUT2D eigenvalue weighted by molar-refractivity contribution is 6.10. The molecule has 1 unspecified atom stereocenters. The maximum Gasteiger partial charge on any atom is 0.252 e. The van der Waals surface area contributed by atoms with E-state index >= 15 is 0 Å². The van der Waals surface area contributed by atoms with E-state index in [9.17, 15) is 9.59 Å². The molecule has 0 spiro atoms. The van der Waals surface area contributed by atoms with Gasteiger partial charge in [-0.2, -0.15) is 5.10 Å². The van der Waals surface area contributed by atoms with Gasteiger partial charge in [0.2, 0.25) is 5.91 Å². The number of hydrogen-bond donors (Lipinski definition) is 1. The van der Waals surface area contributed by atoms with E-state index in [1.165, 1.54) is 0 Å². The first-order valence-corrected chi connectivity index (χ1v) is 6.46. The van der Waals surface area contributed by atoms with Crippen molar-refractivity contribution >= 4 is 17.5 Å². The summed E-state index contributed by atoms with van der Waals surface area (Å²) in [5.74, 6) is -0.252. The molecule has 1 aliphatic rings. The number of amides is 2. The zero-order valence-electron chi connectivity index (χ0n) is 12.0. The Morgan fingerprint density at radius 1 is 1.42 bits per heavy atom. The minimum atomic E-state index is -0.884. The Balaban J connectivity index is 2.51. The lowest BCUT2D eigenvalue weighted by molar-refractivity contribution is -0.136. The quantitative estimate of drug-likeness (QED) is 0.851. The van der Waals surface area contributed by atoms with Gasteiger partial charge in [0, 0.05) is 13.2 Å². The van der Waals surface area contributed by atoms with Crippen LogP contribution in [0.1, 0.15) is 33.4 Å². The second kappa shape index (κ2) is 4.36. The van der Waals surface area contributed by atoms with Crippen molar-refractivity contribution in [1.29, 1.82) is 0 Å². The van der Waals surface area contributed by atoms with Gasteiger partial charge in [-0.25, -0.2) is 0 Å². The molecule has 0 aromatic carbocycles. The lowest BCUT2D eigenvalue weighted by Crippen LogP contribution is -2.67. The summed E-state index contributed by atoms with van der Waals surface area (Å²) >= 11 is 0. The third kappa shape index (κ3) is 2.11. The van der Waals surface area contributed by atoms with Crippen LogP contribution in [0, 0.1) is 0 Å². The summed E-state index contributed by atoms with van der Waals surface area (Å²) in [7, 11) is 1.81. The molecule has 6 nitrogen and oxygen atoms in total. The van der Waals surface area contributed by atoms with Crippen LogP contribution >= 0.6 is 0 Å². The van der Waals surface area contributed by atoms with Gasteiger partial charge in [-0.05, 0) is 27.2 Å². The van der Waals surface area contributed by atoms with E-state index in [1.807, 2.05) is 14.0 Å². The minimum absolute atomic E-state index is 0.109. The lowest BCUT2D eigenvalue weighted by atomic mass is 9.96. The van der Waals surface area contributed by atoms with Crippen molar-refractivity contribution in [1.82, 2.24) is 15.1 Å². The fourth-order valence-corrected chi connectivity index (χ4v) is 2.35. The summed E-state index contributed by atoms with van der Waals surface area (Å²) < 4.78 is 1.67. The second-order valence-electron chi connectivity index (χ2n) is 5.45. The zero-order chi connectivity index (χ0) is 14.4. The minimum Gasteiger partial charge on any atom is -0.340 e. The van der Waals surface area contributed by atoms with Crippen LogP contribution in [0.25, 0.3) is 0 Å². The van der Waals surface area contributed by atoms with E-state index in [2.05, 4.69) is 10.4 Å². The van der Waals surface area contributed by atoms with Crippen molar-refractivity contribution < 1.29 is 9.59 Å². The number of aromatic nitrogens is 2. The first-order valence-electron chi connectivity index (χ1n) is 6.46. The van der Waals surface area contributed by atoms with Gasteiger partial charge in [-0.15, -0.1) is 0 Å². The molecule has 2 amide bonds. The van der Waals surface area contributed by atoms with Gasteiger partial charge in [-0.3, -0.25) is 19.2 Å². The Bertz CT molecular complexity index is 533. The molecule has 2 rings (SSSR count). The van der Waals surface area contributed by atoms with Crippen LogP contribution in [0.5, 0.6) is 0 Å². The third-order valence-electron chi connectivity index (χ3n) is 3.43. The van der Waals surface area contributed by atoms with Crippen LogP contribution in [-0.4, -0.2) is 33.2 Å². The predicted octanol–water partition coefficient (Wildman–Crippen LogP) is 0.612. The number of hydrogen-bond acceptors (Lipinski definition) is 3. The maximum atomic E-state index is 12.6. The van der Waals surface area contributed by atoms with E-state index in [0.29, 0.717) is 6.42 Å². The molecule has 0 bridgehead atoms. The highest BCUT2D eigenvalue weighted by Gasteiger charge is 2.45. The second-order valence-corrected chi connectivity index (χ2v) is 5.45. The van der Waals surface area contributed by atoms with Crippen LogP contribution < -0.4 is 10.2 Å². The summed E-state index contributed by atoms with van der Waals surface area (Å²) in [4.78, 5) is 26.1. The molecule has 1 aliphatic heterocycles. The monoisotopic (exact) mass is 264 g/mol. The number of nitrogens with zero attached hydrogens (tertiary/aromatic N) is 3. The summed E-state index contributed by atoms with van der Waals surface area (Å²) in [6.07, 6.45) is 2.51. The molecule has 19 heavy (non-hydrogen) atoms. The fraction of sp³-hybridized carbons (Fsp3) is 0.615. The highest BCUT2D eigenvalue weighted by Crippen LogP contribution is 2.28. The van der Waals surface area contributed by atoms with Gasteiger partial charge in [0.1, 0.15) is 11.6 Å². The SMILES string of the molecule is CCc1nn(C)cc1N1C(=O)C(C)(C)NC(=O)C1C. The van der Waals surface area contributed by atoms with E-state index < -0.39 is 11.6 Å². The molecule has 104 valence electrons. The molecular formula is C13H20N4O2. The average molecular weight is 264 g/mol. The number of aryl methyl sites for hydroxylation is 2. The van der Waals surface area contributed by atoms with Gasteiger partial charge in [0.05, 0.1) is 11.4 Å². The zero-order valence-corrected chi connectivity index (χ0v) is 12.0. The maximum absolute atomic E-state index is 12.6. The molecule has 1 aromatic heterocycles. The van der Waals surface area contributed by atoms with E-state index in [4.69, 9.17) is 0 Å². The Kier molecular flexibility index (Phi) is 3.12. The molecule has 1 fully saturated rings. The van der Waals surface area contributed by atoms with Crippen molar-refractivity contribution in [3.63, 3.8) is 0 Å². The highest BCUT2D eigenvalue weighted by atomic mass is 16.2. The number of rotatable bonds is 2. The number of piperazine rings is 1. The first-order chi connectivity index (χ1) is 8.77. The standard InChI is InChI=1S/C13H20N4O2/c1-6-9-10(7-16(5)15-9)17-8(2)11(18)14-13(3,4)12(17)19/h7-8H,6H2,1-5H3,(H,14,18). The summed E-state index contributed by atoms with van der Waals surface area (Å²) in [6.45, 7) is 7.15. The smallest absolute Gasteiger partial charge is 0.252 e. The molecule has 6 heteroatoms. The van der Waals surface area contributed by atoms with Crippen LogP contribution in [0.3, 0.4) is 0 Å². The van der Waals surface area contributed by atoms with Gasteiger partial charge in [0.25, 0.3) is 5.91 Å². The Hall–Kier alpha value is -1.85. The van der Waals surface area contributed by atoms with Crippen molar-refractivity contribution in [2.75, 3.05) is 4.90 Å². The van der Waals surface area contributed by atoms with Gasteiger partial charge in [-0.1, -0.05) is 6.92 Å². The van der Waals surface area contributed by atoms with E-state index in [-0.39, 0.29) is 11.8 Å². The Morgan fingerprint density at radius 3 is 2.63 bits per heavy atom. The van der Waals surface area contributed by atoms with Gasteiger partial charge in [0.15, 0.2) is 0 Å². The number of carbonyl (C=O) groups is 2. The van der Waals surface area contributed by atoms with Crippen LogP contribution in [0.15, 0.2) is 6.20 Å². The van der Waals surface area contributed by atoms with E-state index in [0.717, 1.165) is 11.4 Å². The van der Waals surface area contributed by atoms with Crippen LogP contribution in [0.2, 0.25) is 0 Å². The van der Waals surface area contributed by atoms with Gasteiger partial charge < -0.3 is 5.32 Å². The van der Waals surface area contributed by atoms with E-state index in [1.54, 1.807) is 36.5 Å². The largest absolute Gasteiger partial charge is 0.340 e. The molecule has 1 atom stereocenters. The summed E-state index contributed by atoms with van der Waals surface area (Å²) in [5, 5.41) is 7.08. The Labute approximate surface area is 112 Å². The average Bonchev–Trinajstić information content (AvgIpc) is 2.68. The van der Waals surface area contributed by atoms with Crippen molar-refractivity contribution in [2.45, 2.75) is 45.7 Å². The third-order valence-corrected chi connectivity index (χ3v) is 3.43. The molecule has 0 radical (unpaired) electrons. The Morgan fingerprint density at radius 2 is 2.05 bits per heavy atom. The number of anilines is 1. The van der Waals surface area contributed by atoms with Crippen molar-refractivity contribution in [2.24, 2.45) is 7.05 Å². The molecule has 1 aromatic rings. The molecule has 1 saturated heterocycles. The number of nitrogens with one attached hydrogen (secondary N) is 1. The fourth-order valence-electron chi connectivity index (χ4n) is 2.35. The molecular weight excluding hydrogens is 244 g/mol. The van der Waals surface area contributed by atoms with Crippen LogP contribution in [0.4, 0.5) is 5.69 Å².